The van der Waals surface area contributed by atoms with Crippen molar-refractivity contribution in [1.82, 2.24) is 14.7 Å². The Bertz CT molecular complexity index is 755. The number of carboxylic acid groups (broad SMARTS) is 1. The largest absolute Gasteiger partial charge is 0.481 e. The summed E-state index contributed by atoms with van der Waals surface area (Å²) in [6.45, 7) is 4.81. The van der Waals surface area contributed by atoms with E-state index in [9.17, 15) is 14.7 Å². The fraction of sp³-hybridized carbons (Fsp3) is 0.389. The number of nitrogens with zero attached hydrogens (tertiary/aromatic N) is 3. The van der Waals surface area contributed by atoms with E-state index in [4.69, 9.17) is 0 Å². The first kappa shape index (κ1) is 16.2. The van der Waals surface area contributed by atoms with Crippen molar-refractivity contribution in [2.75, 3.05) is 13.1 Å². The Labute approximate surface area is 140 Å². The molecule has 0 saturated carbocycles. The lowest BCUT2D eigenvalue weighted by Gasteiger charge is -2.35. The second-order valence-electron chi connectivity index (χ2n) is 6.41. The van der Waals surface area contributed by atoms with Crippen molar-refractivity contribution in [2.24, 2.45) is 11.8 Å². The second-order valence-corrected chi connectivity index (χ2v) is 6.41. The van der Waals surface area contributed by atoms with Gasteiger partial charge in [0.05, 0.1) is 11.6 Å². The number of hydrogen-bond donors (Lipinski definition) is 1. The molecule has 6 nitrogen and oxygen atoms in total. The van der Waals surface area contributed by atoms with E-state index in [2.05, 4.69) is 5.10 Å². The van der Waals surface area contributed by atoms with Crippen molar-refractivity contribution in [3.8, 4) is 5.69 Å². The van der Waals surface area contributed by atoms with Crippen molar-refractivity contribution in [2.45, 2.75) is 20.3 Å². The fourth-order valence-electron chi connectivity index (χ4n) is 3.34. The smallest absolute Gasteiger partial charge is 0.306 e. The first-order chi connectivity index (χ1) is 11.5. The summed E-state index contributed by atoms with van der Waals surface area (Å²) in [7, 11) is 0. The maximum absolute atomic E-state index is 12.7. The minimum Gasteiger partial charge on any atom is -0.481 e. The molecule has 6 heteroatoms. The van der Waals surface area contributed by atoms with Crippen LogP contribution in [0, 0.1) is 18.8 Å². The molecule has 2 unspecified atom stereocenters. The molecule has 1 N–H and O–H groups in total. The summed E-state index contributed by atoms with van der Waals surface area (Å²) >= 11 is 0. The van der Waals surface area contributed by atoms with Crippen molar-refractivity contribution in [3.63, 3.8) is 0 Å². The molecule has 0 spiro atoms. The molecule has 0 aliphatic carbocycles. The summed E-state index contributed by atoms with van der Waals surface area (Å²) in [5.74, 6) is -1.21. The number of aryl methyl sites for hydroxylation is 1. The number of aromatic nitrogens is 2. The Kier molecular flexibility index (Phi) is 4.38. The third-order valence-corrected chi connectivity index (χ3v) is 4.70. The summed E-state index contributed by atoms with van der Waals surface area (Å²) in [4.78, 5) is 25.7. The SMILES string of the molecule is Cc1cc(C(=O)N2CCC(C(=O)O)C(C)C2)ccc1-n1cccn1. The number of benzene rings is 1. The van der Waals surface area contributed by atoms with Crippen molar-refractivity contribution in [1.29, 1.82) is 0 Å². The zero-order valence-electron chi connectivity index (χ0n) is 13.8. The average Bonchev–Trinajstić information content (AvgIpc) is 3.07. The van der Waals surface area contributed by atoms with Gasteiger partial charge in [0, 0.05) is 31.0 Å². The normalized spacial score (nSPS) is 20.8. The molecule has 2 atom stereocenters. The number of carboxylic acids is 1. The lowest BCUT2D eigenvalue weighted by Crippen LogP contribution is -2.45. The van der Waals surface area contributed by atoms with E-state index >= 15 is 0 Å². The summed E-state index contributed by atoms with van der Waals surface area (Å²) in [5, 5.41) is 13.4. The van der Waals surface area contributed by atoms with E-state index in [-0.39, 0.29) is 17.7 Å². The lowest BCUT2D eigenvalue weighted by molar-refractivity contribution is -0.145. The van der Waals surface area contributed by atoms with Gasteiger partial charge in [-0.15, -0.1) is 0 Å². The Morgan fingerprint density at radius 3 is 2.71 bits per heavy atom. The maximum atomic E-state index is 12.7. The van der Waals surface area contributed by atoms with Gasteiger partial charge in [0.2, 0.25) is 0 Å². The Morgan fingerprint density at radius 2 is 2.12 bits per heavy atom. The Balaban J connectivity index is 1.76. The van der Waals surface area contributed by atoms with Crippen LogP contribution in [-0.2, 0) is 4.79 Å². The van der Waals surface area contributed by atoms with Crippen molar-refractivity contribution < 1.29 is 14.7 Å². The van der Waals surface area contributed by atoms with Crippen LogP contribution in [0.25, 0.3) is 5.69 Å². The highest BCUT2D eigenvalue weighted by Crippen LogP contribution is 2.25. The lowest BCUT2D eigenvalue weighted by atomic mass is 9.87. The molecule has 2 aromatic rings. The minimum absolute atomic E-state index is 0.0374. The van der Waals surface area contributed by atoms with Crippen LogP contribution in [0.2, 0.25) is 0 Å². The predicted octanol–water partition coefficient (Wildman–Crippen LogP) is 2.36. The number of rotatable bonds is 3. The third kappa shape index (κ3) is 3.04. The quantitative estimate of drug-likeness (QED) is 0.939. The highest BCUT2D eigenvalue weighted by atomic mass is 16.4. The van der Waals surface area contributed by atoms with Gasteiger partial charge in [-0.05, 0) is 49.1 Å². The van der Waals surface area contributed by atoms with Gasteiger partial charge in [0.15, 0.2) is 0 Å². The average molecular weight is 327 g/mol. The van der Waals surface area contributed by atoms with E-state index < -0.39 is 5.97 Å². The molecule has 24 heavy (non-hydrogen) atoms. The Morgan fingerprint density at radius 1 is 1.33 bits per heavy atom. The van der Waals surface area contributed by atoms with E-state index in [1.807, 2.05) is 38.2 Å². The van der Waals surface area contributed by atoms with Gasteiger partial charge in [0.1, 0.15) is 0 Å². The van der Waals surface area contributed by atoms with Gasteiger partial charge in [-0.3, -0.25) is 9.59 Å². The molecule has 1 aliphatic rings. The van der Waals surface area contributed by atoms with Crippen LogP contribution < -0.4 is 0 Å². The summed E-state index contributed by atoms with van der Waals surface area (Å²) in [6.07, 6.45) is 4.08. The van der Waals surface area contributed by atoms with Crippen LogP contribution in [-0.4, -0.2) is 44.8 Å². The highest BCUT2D eigenvalue weighted by Gasteiger charge is 2.33. The molecular formula is C18H21N3O3. The van der Waals surface area contributed by atoms with E-state index in [0.717, 1.165) is 11.3 Å². The summed E-state index contributed by atoms with van der Waals surface area (Å²) in [6, 6.07) is 7.42. The molecule has 126 valence electrons. The summed E-state index contributed by atoms with van der Waals surface area (Å²) < 4.78 is 1.77. The molecule has 1 aromatic heterocycles. The minimum atomic E-state index is -0.769. The van der Waals surface area contributed by atoms with Crippen LogP contribution in [0.15, 0.2) is 36.7 Å². The van der Waals surface area contributed by atoms with Gasteiger partial charge >= 0.3 is 5.97 Å². The standard InChI is InChI=1S/C18H21N3O3/c1-12-10-14(4-5-16(12)21-8-3-7-19-21)17(22)20-9-6-15(18(23)24)13(2)11-20/h3-5,7-8,10,13,15H,6,9,11H2,1-2H3,(H,23,24). The van der Waals surface area contributed by atoms with Crippen LogP contribution in [0.5, 0.6) is 0 Å². The van der Waals surface area contributed by atoms with Crippen LogP contribution in [0.4, 0.5) is 0 Å². The number of likely N-dealkylation sites (tertiary alicyclic amines) is 1. The van der Waals surface area contributed by atoms with Gasteiger partial charge in [0.25, 0.3) is 5.91 Å². The number of piperidine rings is 1. The molecule has 1 aromatic carbocycles. The van der Waals surface area contributed by atoms with Crippen LogP contribution in [0.3, 0.4) is 0 Å². The number of carbonyl (C=O) groups is 2. The molecule has 0 bridgehead atoms. The van der Waals surface area contributed by atoms with Gasteiger partial charge in [-0.1, -0.05) is 6.92 Å². The zero-order valence-corrected chi connectivity index (χ0v) is 13.8. The van der Waals surface area contributed by atoms with Crippen molar-refractivity contribution >= 4 is 11.9 Å². The molecule has 3 rings (SSSR count). The summed E-state index contributed by atoms with van der Waals surface area (Å²) in [5.41, 5.74) is 2.54. The predicted molar refractivity (Wildman–Crippen MR) is 89.1 cm³/mol. The highest BCUT2D eigenvalue weighted by molar-refractivity contribution is 5.95. The van der Waals surface area contributed by atoms with E-state index in [0.29, 0.717) is 25.1 Å². The fourth-order valence-corrected chi connectivity index (χ4v) is 3.34. The molecular weight excluding hydrogens is 306 g/mol. The van der Waals surface area contributed by atoms with Crippen LogP contribution >= 0.6 is 0 Å². The second kappa shape index (κ2) is 6.47. The maximum Gasteiger partial charge on any atom is 0.306 e. The molecule has 1 fully saturated rings. The number of hydrogen-bond acceptors (Lipinski definition) is 3. The first-order valence-electron chi connectivity index (χ1n) is 8.10. The molecule has 2 heterocycles. The van der Waals surface area contributed by atoms with Gasteiger partial charge in [-0.25, -0.2) is 4.68 Å². The zero-order chi connectivity index (χ0) is 17.3. The van der Waals surface area contributed by atoms with Crippen molar-refractivity contribution in [3.05, 3.63) is 47.8 Å². The Hall–Kier alpha value is -2.63. The first-order valence-corrected chi connectivity index (χ1v) is 8.10. The molecule has 1 aliphatic heterocycles. The third-order valence-electron chi connectivity index (χ3n) is 4.70. The number of aliphatic carboxylic acids is 1. The number of amides is 1. The molecule has 0 radical (unpaired) electrons. The van der Waals surface area contributed by atoms with E-state index in [1.165, 1.54) is 0 Å². The van der Waals surface area contributed by atoms with Gasteiger partial charge in [-0.2, -0.15) is 5.10 Å². The molecule has 1 amide bonds. The number of carbonyl (C=O) groups excluding carboxylic acids is 1. The topological polar surface area (TPSA) is 75.4 Å². The van der Waals surface area contributed by atoms with Gasteiger partial charge < -0.3 is 10.0 Å². The monoisotopic (exact) mass is 327 g/mol. The molecule has 1 saturated heterocycles. The van der Waals surface area contributed by atoms with Crippen LogP contribution in [0.1, 0.15) is 29.3 Å². The van der Waals surface area contributed by atoms with E-state index in [1.54, 1.807) is 21.8 Å².